The zero-order valence-corrected chi connectivity index (χ0v) is 9.75. The number of aliphatic hydroxyl groups excluding tert-OH is 1. The highest BCUT2D eigenvalue weighted by molar-refractivity contribution is 5.76. The zero-order chi connectivity index (χ0) is 12.1. The van der Waals surface area contributed by atoms with Crippen molar-refractivity contribution in [2.24, 2.45) is 5.92 Å². The molecule has 1 aliphatic rings. The van der Waals surface area contributed by atoms with Gasteiger partial charge >= 0.3 is 0 Å². The molecule has 0 bridgehead atoms. The van der Waals surface area contributed by atoms with Crippen molar-refractivity contribution in [2.45, 2.75) is 38.3 Å². The molecule has 2 unspecified atom stereocenters. The van der Waals surface area contributed by atoms with Gasteiger partial charge in [-0.2, -0.15) is 0 Å². The smallest absolute Gasteiger partial charge is 0.222 e. The highest BCUT2D eigenvalue weighted by Gasteiger charge is 2.27. The Morgan fingerprint density at radius 1 is 1.53 bits per heavy atom. The average Bonchev–Trinajstić information content (AvgIpc) is 2.97. The van der Waals surface area contributed by atoms with Crippen LogP contribution in [0.2, 0.25) is 0 Å². The van der Waals surface area contributed by atoms with E-state index in [0.29, 0.717) is 13.0 Å². The van der Waals surface area contributed by atoms with E-state index in [2.05, 4.69) is 15.6 Å². The van der Waals surface area contributed by atoms with Crippen LogP contribution in [0.4, 0.5) is 0 Å². The first-order chi connectivity index (χ1) is 8.29. The van der Waals surface area contributed by atoms with Gasteiger partial charge in [-0.25, -0.2) is 0 Å². The van der Waals surface area contributed by atoms with Gasteiger partial charge in [0.2, 0.25) is 5.91 Å². The maximum absolute atomic E-state index is 11.7. The van der Waals surface area contributed by atoms with E-state index in [4.69, 9.17) is 5.11 Å². The quantitative estimate of drug-likeness (QED) is 0.753. The van der Waals surface area contributed by atoms with Crippen LogP contribution in [0.15, 0.2) is 12.4 Å². The highest BCUT2D eigenvalue weighted by Crippen LogP contribution is 2.24. The van der Waals surface area contributed by atoms with Gasteiger partial charge in [-0.3, -0.25) is 9.48 Å². The molecule has 0 spiro atoms. The van der Waals surface area contributed by atoms with Crippen molar-refractivity contribution in [1.29, 1.82) is 0 Å². The van der Waals surface area contributed by atoms with Crippen LogP contribution >= 0.6 is 0 Å². The van der Waals surface area contributed by atoms with E-state index in [0.717, 1.165) is 19.3 Å². The number of amides is 1. The van der Waals surface area contributed by atoms with Gasteiger partial charge in [0.15, 0.2) is 0 Å². The highest BCUT2D eigenvalue weighted by atomic mass is 16.3. The first kappa shape index (κ1) is 12.0. The molecule has 2 atom stereocenters. The van der Waals surface area contributed by atoms with Crippen LogP contribution in [-0.2, 0) is 11.3 Å². The molecule has 6 heteroatoms. The van der Waals surface area contributed by atoms with Crippen molar-refractivity contribution < 1.29 is 9.90 Å². The number of carbonyl (C=O) groups is 1. The van der Waals surface area contributed by atoms with Crippen molar-refractivity contribution in [2.75, 3.05) is 6.61 Å². The Bertz CT molecular complexity index is 352. The van der Waals surface area contributed by atoms with Gasteiger partial charge in [0, 0.05) is 31.2 Å². The minimum Gasteiger partial charge on any atom is -0.396 e. The van der Waals surface area contributed by atoms with Gasteiger partial charge < -0.3 is 10.4 Å². The number of aliphatic hydroxyl groups is 1. The summed E-state index contributed by atoms with van der Waals surface area (Å²) in [7, 11) is 0. The summed E-state index contributed by atoms with van der Waals surface area (Å²) in [5.74, 6) is 0.246. The number of nitrogens with one attached hydrogen (secondary N) is 1. The molecule has 1 aromatic heterocycles. The summed E-state index contributed by atoms with van der Waals surface area (Å²) in [6, 6.07) is 0.142. The zero-order valence-electron chi connectivity index (χ0n) is 9.75. The van der Waals surface area contributed by atoms with E-state index >= 15 is 0 Å². The largest absolute Gasteiger partial charge is 0.396 e. The number of rotatable bonds is 5. The molecule has 0 saturated heterocycles. The fourth-order valence-electron chi connectivity index (χ4n) is 2.29. The molecule has 1 aliphatic carbocycles. The number of nitrogens with zero attached hydrogens (tertiary/aromatic N) is 3. The lowest BCUT2D eigenvalue weighted by molar-refractivity contribution is -0.122. The van der Waals surface area contributed by atoms with Crippen LogP contribution in [-0.4, -0.2) is 38.7 Å². The first-order valence-electron chi connectivity index (χ1n) is 6.04. The molecule has 1 heterocycles. The van der Waals surface area contributed by atoms with Crippen molar-refractivity contribution in [3.63, 3.8) is 0 Å². The molecular weight excluding hydrogens is 220 g/mol. The Morgan fingerprint density at radius 2 is 2.41 bits per heavy atom. The molecule has 0 aliphatic heterocycles. The van der Waals surface area contributed by atoms with E-state index in [-0.39, 0.29) is 24.5 Å². The molecular formula is C11H18N4O2. The Balaban J connectivity index is 1.73. The maximum Gasteiger partial charge on any atom is 0.222 e. The summed E-state index contributed by atoms with van der Waals surface area (Å²) in [5.41, 5.74) is 0. The van der Waals surface area contributed by atoms with Crippen LogP contribution in [0.5, 0.6) is 0 Å². The second-order valence-electron chi connectivity index (χ2n) is 4.46. The Morgan fingerprint density at radius 3 is 3.12 bits per heavy atom. The summed E-state index contributed by atoms with van der Waals surface area (Å²) >= 11 is 0. The lowest BCUT2D eigenvalue weighted by atomic mass is 10.1. The standard InChI is InChI=1S/C11H18N4O2/c16-8-9-2-1-3-10(9)13-11(17)4-6-15-7-5-12-14-15/h5,7,9-10,16H,1-4,6,8H2,(H,13,17). The molecule has 1 amide bonds. The molecule has 1 aromatic rings. The van der Waals surface area contributed by atoms with Crippen molar-refractivity contribution in [1.82, 2.24) is 20.3 Å². The molecule has 2 rings (SSSR count). The second kappa shape index (κ2) is 5.77. The van der Waals surface area contributed by atoms with Gasteiger partial charge in [0.05, 0.1) is 12.7 Å². The second-order valence-corrected chi connectivity index (χ2v) is 4.46. The van der Waals surface area contributed by atoms with Crippen molar-refractivity contribution >= 4 is 5.91 Å². The van der Waals surface area contributed by atoms with Gasteiger partial charge in [-0.15, -0.1) is 5.10 Å². The van der Waals surface area contributed by atoms with Gasteiger partial charge in [-0.05, 0) is 12.8 Å². The lowest BCUT2D eigenvalue weighted by Crippen LogP contribution is -2.38. The van der Waals surface area contributed by atoms with Gasteiger partial charge in [0.1, 0.15) is 0 Å². The number of carbonyl (C=O) groups excluding carboxylic acids is 1. The minimum atomic E-state index is 0.0193. The minimum absolute atomic E-state index is 0.0193. The SMILES string of the molecule is O=C(CCn1ccnn1)NC1CCCC1CO. The van der Waals surface area contributed by atoms with E-state index in [1.807, 2.05) is 0 Å². The van der Waals surface area contributed by atoms with Crippen LogP contribution in [0.1, 0.15) is 25.7 Å². The molecule has 0 aromatic carbocycles. The number of hydrogen-bond acceptors (Lipinski definition) is 4. The van der Waals surface area contributed by atoms with Gasteiger partial charge in [0.25, 0.3) is 0 Å². The van der Waals surface area contributed by atoms with Crippen LogP contribution in [0.3, 0.4) is 0 Å². The predicted octanol–water partition coefficient (Wildman–Crippen LogP) is -0.0546. The van der Waals surface area contributed by atoms with E-state index < -0.39 is 0 Å². The average molecular weight is 238 g/mol. The summed E-state index contributed by atoms with van der Waals surface area (Å²) < 4.78 is 1.64. The Hall–Kier alpha value is -1.43. The monoisotopic (exact) mass is 238 g/mol. The molecule has 1 fully saturated rings. The number of aryl methyl sites for hydroxylation is 1. The normalized spacial score (nSPS) is 23.8. The van der Waals surface area contributed by atoms with Crippen LogP contribution in [0, 0.1) is 5.92 Å². The molecule has 6 nitrogen and oxygen atoms in total. The predicted molar refractivity (Wildman–Crippen MR) is 61.0 cm³/mol. The summed E-state index contributed by atoms with van der Waals surface area (Å²) in [5, 5.41) is 19.6. The topological polar surface area (TPSA) is 80.0 Å². The lowest BCUT2D eigenvalue weighted by Gasteiger charge is -2.18. The molecule has 17 heavy (non-hydrogen) atoms. The summed E-state index contributed by atoms with van der Waals surface area (Å²) in [6.45, 7) is 0.705. The molecule has 94 valence electrons. The molecule has 1 saturated carbocycles. The number of aromatic nitrogens is 3. The Kier molecular flexibility index (Phi) is 4.08. The number of hydrogen-bond donors (Lipinski definition) is 2. The maximum atomic E-state index is 11.7. The van der Waals surface area contributed by atoms with Gasteiger partial charge in [-0.1, -0.05) is 11.6 Å². The first-order valence-corrected chi connectivity index (χ1v) is 6.04. The Labute approximate surface area is 100 Å². The van der Waals surface area contributed by atoms with E-state index in [1.165, 1.54) is 0 Å². The summed E-state index contributed by atoms with van der Waals surface area (Å²) in [6.07, 6.45) is 6.79. The van der Waals surface area contributed by atoms with E-state index in [1.54, 1.807) is 17.1 Å². The van der Waals surface area contributed by atoms with Crippen LogP contribution in [0.25, 0.3) is 0 Å². The van der Waals surface area contributed by atoms with Crippen molar-refractivity contribution in [3.05, 3.63) is 12.4 Å². The molecule has 2 N–H and O–H groups in total. The third-order valence-corrected chi connectivity index (χ3v) is 3.28. The fourth-order valence-corrected chi connectivity index (χ4v) is 2.29. The third-order valence-electron chi connectivity index (χ3n) is 3.28. The van der Waals surface area contributed by atoms with E-state index in [9.17, 15) is 4.79 Å². The third kappa shape index (κ3) is 3.26. The fraction of sp³-hybridized carbons (Fsp3) is 0.727. The molecule has 0 radical (unpaired) electrons. The summed E-state index contributed by atoms with van der Waals surface area (Å²) in [4.78, 5) is 11.7. The van der Waals surface area contributed by atoms with Crippen molar-refractivity contribution in [3.8, 4) is 0 Å². The van der Waals surface area contributed by atoms with Crippen LogP contribution < -0.4 is 5.32 Å².